The lowest BCUT2D eigenvalue weighted by Crippen LogP contribution is -2.37. The summed E-state index contributed by atoms with van der Waals surface area (Å²) < 4.78 is 10.4. The van der Waals surface area contributed by atoms with Gasteiger partial charge >= 0.3 is 0 Å². The van der Waals surface area contributed by atoms with E-state index in [0.717, 1.165) is 77.4 Å². The van der Waals surface area contributed by atoms with Gasteiger partial charge in [0.15, 0.2) is 0 Å². The van der Waals surface area contributed by atoms with E-state index in [1.165, 1.54) is 0 Å². The monoisotopic (exact) mass is 1140 g/mol. The number of ether oxygens (including phenoxy) is 1. The number of phenolic OH excluding ortho intramolecular Hbond substituents is 1. The fraction of sp³-hybridized carbons (Fsp3) is 0.139. The van der Waals surface area contributed by atoms with E-state index < -0.39 is 22.3 Å². The highest BCUT2D eigenvalue weighted by atomic mass is 16.5. The summed E-state index contributed by atoms with van der Waals surface area (Å²) >= 11 is 0. The van der Waals surface area contributed by atoms with Crippen molar-refractivity contribution in [2.75, 3.05) is 0 Å². The van der Waals surface area contributed by atoms with Crippen molar-refractivity contribution in [2.45, 2.75) is 56.6 Å². The number of hydrogen-bond donors (Lipinski definition) is 3. The molecule has 8 heteroatoms. The van der Waals surface area contributed by atoms with E-state index in [0.29, 0.717) is 18.0 Å². The number of imidazole rings is 2. The van der Waals surface area contributed by atoms with E-state index in [2.05, 4.69) is 191 Å². The van der Waals surface area contributed by atoms with Crippen LogP contribution in [0.3, 0.4) is 0 Å². The van der Waals surface area contributed by atoms with Crippen LogP contribution in [0.1, 0.15) is 89.2 Å². The number of fused-ring (bicyclic) bond motifs is 2. The highest BCUT2D eigenvalue weighted by Crippen LogP contribution is 2.46. The van der Waals surface area contributed by atoms with Crippen LogP contribution >= 0.6 is 0 Å². The van der Waals surface area contributed by atoms with E-state index in [4.69, 9.17) is 14.7 Å². The fourth-order valence-electron chi connectivity index (χ4n) is 12.7. The topological polar surface area (TPSA) is 106 Å². The summed E-state index contributed by atoms with van der Waals surface area (Å²) in [6.45, 7) is 8.62. The molecule has 0 radical (unpaired) electrons. The third-order valence-electron chi connectivity index (χ3n) is 17.3. The number of aliphatic hydroxyl groups is 2. The normalized spacial score (nSPS) is 13.2. The third kappa shape index (κ3) is 10.7. The first-order valence-electron chi connectivity index (χ1n) is 29.8. The van der Waals surface area contributed by atoms with Gasteiger partial charge in [-0.2, -0.15) is 0 Å². The number of nitrogens with zero attached hydrogens (tertiary/aromatic N) is 4. The number of aromatic nitrogens is 4. The minimum absolute atomic E-state index is 0.156. The van der Waals surface area contributed by atoms with E-state index >= 15 is 0 Å². The van der Waals surface area contributed by atoms with Gasteiger partial charge in [0.25, 0.3) is 0 Å². The second-order valence-corrected chi connectivity index (χ2v) is 23.0. The van der Waals surface area contributed by atoms with Crippen molar-refractivity contribution in [3.63, 3.8) is 0 Å². The SMILES string of the molecule is CC(C)C(O)(c1ccc2cc(O)ccc2c1)c1cn(C(c2ccccc2)(c2ccccc2)c2ccccc2)cn1.CC(C)C(O)(c1ccc2cc(OCc3ccccc3)ccc2c1)c1cn(C(c2ccccc2)(c2ccccc2)c2ccccc2)cn1. The van der Waals surface area contributed by atoms with Crippen LogP contribution in [0.15, 0.2) is 310 Å². The van der Waals surface area contributed by atoms with Crippen LogP contribution in [0.4, 0.5) is 0 Å². The number of aromatic hydroxyl groups is 1. The fourth-order valence-corrected chi connectivity index (χ4v) is 12.7. The van der Waals surface area contributed by atoms with Gasteiger partial charge in [-0.1, -0.05) is 276 Å². The Morgan fingerprint density at radius 3 is 1.02 bits per heavy atom. The molecule has 13 rings (SSSR count). The molecule has 0 saturated heterocycles. The minimum atomic E-state index is -1.34. The Balaban J connectivity index is 0.000000172. The smallest absolute Gasteiger partial charge is 0.135 e. The molecule has 3 N–H and O–H groups in total. The molecule has 0 aliphatic heterocycles. The average molecular weight is 1140 g/mol. The second-order valence-electron chi connectivity index (χ2n) is 23.0. The lowest BCUT2D eigenvalue weighted by molar-refractivity contribution is 0.0277. The highest BCUT2D eigenvalue weighted by molar-refractivity contribution is 5.86. The summed E-state index contributed by atoms with van der Waals surface area (Å²) in [6.07, 6.45) is 7.73. The number of phenols is 1. The molecule has 2 heterocycles. The number of hydrogen-bond acceptors (Lipinski definition) is 6. The molecule has 8 nitrogen and oxygen atoms in total. The van der Waals surface area contributed by atoms with E-state index in [9.17, 15) is 15.3 Å². The summed E-state index contributed by atoms with van der Waals surface area (Å²) in [7, 11) is 0. The van der Waals surface area contributed by atoms with E-state index in [1.807, 2.05) is 144 Å². The predicted molar refractivity (Wildman–Crippen MR) is 350 cm³/mol. The number of benzene rings is 11. The van der Waals surface area contributed by atoms with Crippen LogP contribution in [-0.4, -0.2) is 34.4 Å². The maximum Gasteiger partial charge on any atom is 0.135 e. The Morgan fingerprint density at radius 1 is 0.356 bits per heavy atom. The molecule has 13 aromatic rings. The summed E-state index contributed by atoms with van der Waals surface area (Å²) in [5, 5.41) is 38.9. The lowest BCUT2D eigenvalue weighted by atomic mass is 9.76. The standard InChI is InChI=1S/C43H38N2O2.C36H32N2O2/c1-32(2)43(46,39-25-23-35-28-40(26-24-34(35)27-39)47-30-33-15-7-3-8-16-33)41-29-45(31-44-41)42(36-17-9-4-10-18-36,37-19-11-5-12-20-37)38-21-13-6-14-22-38;1-26(2)36(40,32-20-18-28-23-33(39)21-19-27(28)22-32)34-24-38(25-37-34)35(29-12-6-3-7-13-29,30-14-8-4-9-15-30)31-16-10-5-11-17-31/h3-29,31-32,46H,30H2,1-2H3;3-26,39-40H,1-2H3. The van der Waals surface area contributed by atoms with Crippen LogP contribution in [0.2, 0.25) is 0 Å². The number of rotatable bonds is 17. The Labute approximate surface area is 509 Å². The maximum absolute atomic E-state index is 12.6. The molecular weight excluding hydrogens is 1070 g/mol. The van der Waals surface area contributed by atoms with Gasteiger partial charge < -0.3 is 29.2 Å². The van der Waals surface area contributed by atoms with Crippen LogP contribution in [0.25, 0.3) is 21.5 Å². The van der Waals surface area contributed by atoms with Crippen molar-refractivity contribution < 1.29 is 20.1 Å². The van der Waals surface area contributed by atoms with Gasteiger partial charge in [0.2, 0.25) is 0 Å². The molecule has 0 aliphatic rings. The third-order valence-corrected chi connectivity index (χ3v) is 17.3. The van der Waals surface area contributed by atoms with Crippen molar-refractivity contribution in [1.29, 1.82) is 0 Å². The van der Waals surface area contributed by atoms with Gasteiger partial charge in [0, 0.05) is 12.4 Å². The maximum atomic E-state index is 12.6. The largest absolute Gasteiger partial charge is 0.508 e. The molecule has 0 amide bonds. The minimum Gasteiger partial charge on any atom is -0.508 e. The van der Waals surface area contributed by atoms with Crippen molar-refractivity contribution in [3.05, 3.63) is 372 Å². The van der Waals surface area contributed by atoms with Crippen LogP contribution < -0.4 is 4.74 Å². The van der Waals surface area contributed by atoms with Crippen molar-refractivity contribution in [1.82, 2.24) is 19.1 Å². The van der Waals surface area contributed by atoms with Crippen LogP contribution in [-0.2, 0) is 28.9 Å². The molecular formula is C79H70N4O4. The Hall–Kier alpha value is -10.1. The Kier molecular flexibility index (Phi) is 16.1. The van der Waals surface area contributed by atoms with Gasteiger partial charge in [0.1, 0.15) is 40.4 Å². The molecule has 11 aromatic carbocycles. The first kappa shape index (κ1) is 57.3. The lowest BCUT2D eigenvalue weighted by Gasteiger charge is -2.37. The molecule has 430 valence electrons. The van der Waals surface area contributed by atoms with Gasteiger partial charge in [-0.05, 0) is 120 Å². The van der Waals surface area contributed by atoms with E-state index in [-0.39, 0.29) is 17.6 Å². The molecule has 0 bridgehead atoms. The summed E-state index contributed by atoms with van der Waals surface area (Å²) in [5.74, 6) is 0.713. The molecule has 0 saturated carbocycles. The summed E-state index contributed by atoms with van der Waals surface area (Å²) in [4.78, 5) is 9.86. The van der Waals surface area contributed by atoms with Gasteiger partial charge in [-0.25, -0.2) is 9.97 Å². The first-order valence-corrected chi connectivity index (χ1v) is 29.8. The predicted octanol–water partition coefficient (Wildman–Crippen LogP) is 16.8. The van der Waals surface area contributed by atoms with Crippen LogP contribution in [0.5, 0.6) is 11.5 Å². The zero-order chi connectivity index (χ0) is 60.0. The second kappa shape index (κ2) is 24.5. The zero-order valence-electron chi connectivity index (χ0n) is 49.3. The Bertz CT molecular complexity index is 4190. The quantitative estimate of drug-likeness (QED) is 0.0785. The molecule has 2 atom stereocenters. The van der Waals surface area contributed by atoms with Gasteiger partial charge in [-0.15, -0.1) is 0 Å². The summed E-state index contributed by atoms with van der Waals surface area (Å²) in [5.41, 5.74) is 6.34. The molecule has 2 aromatic heterocycles. The highest BCUT2D eigenvalue weighted by Gasteiger charge is 2.44. The zero-order valence-corrected chi connectivity index (χ0v) is 49.3. The molecule has 0 fully saturated rings. The average Bonchev–Trinajstić information content (AvgIpc) is 2.36. The molecule has 0 aliphatic carbocycles. The summed E-state index contributed by atoms with van der Waals surface area (Å²) in [6, 6.07) is 96.4. The molecule has 0 spiro atoms. The van der Waals surface area contributed by atoms with Crippen molar-refractivity contribution in [2.24, 2.45) is 11.8 Å². The Morgan fingerprint density at radius 2 is 0.667 bits per heavy atom. The first-order chi connectivity index (χ1) is 42.4. The van der Waals surface area contributed by atoms with Crippen molar-refractivity contribution >= 4 is 21.5 Å². The van der Waals surface area contributed by atoms with Crippen LogP contribution in [0, 0.1) is 11.8 Å². The molecule has 2 unspecified atom stereocenters. The van der Waals surface area contributed by atoms with Gasteiger partial charge in [0.05, 0.1) is 24.0 Å². The molecule has 87 heavy (non-hydrogen) atoms. The van der Waals surface area contributed by atoms with E-state index in [1.54, 1.807) is 12.1 Å². The van der Waals surface area contributed by atoms with Crippen molar-refractivity contribution in [3.8, 4) is 11.5 Å². The van der Waals surface area contributed by atoms with Gasteiger partial charge in [-0.3, -0.25) is 0 Å².